The number of carbonyl (C=O) groups excluding carboxylic acids is 1. The number of aliphatic imine (C=N–C) groups is 1. The highest BCUT2D eigenvalue weighted by Crippen LogP contribution is 2.14. The van der Waals surface area contributed by atoms with Gasteiger partial charge in [-0.2, -0.15) is 0 Å². The molecular formula is C22H33N7OS. The van der Waals surface area contributed by atoms with Crippen molar-refractivity contribution in [2.45, 2.75) is 33.1 Å². The molecule has 2 aromatic rings. The predicted octanol–water partition coefficient (Wildman–Crippen LogP) is 1.94. The zero-order valence-electron chi connectivity index (χ0n) is 18.5. The normalized spacial score (nSPS) is 14.6. The van der Waals surface area contributed by atoms with Gasteiger partial charge in [-0.3, -0.25) is 9.79 Å². The first-order valence-electron chi connectivity index (χ1n) is 11.1. The number of amides is 1. The number of nitrogens with zero attached hydrogens (tertiary/aromatic N) is 5. The number of rotatable bonds is 9. The van der Waals surface area contributed by atoms with Crippen LogP contribution in [0.5, 0.6) is 0 Å². The number of nitrogens with one attached hydrogen (secondary N) is 2. The lowest BCUT2D eigenvalue weighted by Gasteiger charge is -2.35. The SMILES string of the molecule is CCNC(=NCCc1ncc(CC)s1)NCCC(=O)N1CCN(c2ccccn2)CC1. The highest BCUT2D eigenvalue weighted by Gasteiger charge is 2.21. The van der Waals surface area contributed by atoms with Crippen molar-refractivity contribution in [1.29, 1.82) is 0 Å². The average Bonchev–Trinajstić information content (AvgIpc) is 3.28. The van der Waals surface area contributed by atoms with Gasteiger partial charge in [0.15, 0.2) is 5.96 Å². The zero-order chi connectivity index (χ0) is 21.9. The van der Waals surface area contributed by atoms with Crippen molar-refractivity contribution in [2.24, 2.45) is 4.99 Å². The number of carbonyl (C=O) groups is 1. The van der Waals surface area contributed by atoms with E-state index >= 15 is 0 Å². The average molecular weight is 444 g/mol. The monoisotopic (exact) mass is 443 g/mol. The molecule has 0 aromatic carbocycles. The Labute approximate surface area is 188 Å². The Hall–Kier alpha value is -2.68. The molecule has 8 nitrogen and oxygen atoms in total. The summed E-state index contributed by atoms with van der Waals surface area (Å²) in [5.74, 6) is 1.91. The molecule has 0 radical (unpaired) electrons. The van der Waals surface area contributed by atoms with Gasteiger partial charge in [0.2, 0.25) is 5.91 Å². The van der Waals surface area contributed by atoms with Crippen LogP contribution in [0.1, 0.15) is 30.2 Å². The minimum atomic E-state index is 0.180. The van der Waals surface area contributed by atoms with Crippen molar-refractivity contribution in [3.63, 3.8) is 0 Å². The number of pyridine rings is 1. The van der Waals surface area contributed by atoms with Crippen LogP contribution in [0.3, 0.4) is 0 Å². The molecule has 1 fully saturated rings. The van der Waals surface area contributed by atoms with E-state index in [0.29, 0.717) is 19.5 Å². The second-order valence-corrected chi connectivity index (χ2v) is 8.52. The van der Waals surface area contributed by atoms with Crippen LogP contribution in [0.4, 0.5) is 5.82 Å². The van der Waals surface area contributed by atoms with Gasteiger partial charge in [0.1, 0.15) is 5.82 Å². The number of aromatic nitrogens is 2. The van der Waals surface area contributed by atoms with Crippen molar-refractivity contribution in [3.8, 4) is 0 Å². The second kappa shape index (κ2) is 12.2. The molecule has 1 aliphatic heterocycles. The maximum absolute atomic E-state index is 12.6. The highest BCUT2D eigenvalue weighted by atomic mass is 32.1. The number of hydrogen-bond donors (Lipinski definition) is 2. The van der Waals surface area contributed by atoms with Crippen LogP contribution in [0.2, 0.25) is 0 Å². The summed E-state index contributed by atoms with van der Waals surface area (Å²) in [6.45, 7) is 9.31. The molecule has 3 heterocycles. The summed E-state index contributed by atoms with van der Waals surface area (Å²) < 4.78 is 0. The van der Waals surface area contributed by atoms with Crippen molar-refractivity contribution in [3.05, 3.63) is 40.5 Å². The van der Waals surface area contributed by atoms with Crippen LogP contribution in [-0.4, -0.2) is 72.5 Å². The quantitative estimate of drug-likeness (QED) is 0.455. The lowest BCUT2D eigenvalue weighted by Crippen LogP contribution is -2.49. The smallest absolute Gasteiger partial charge is 0.224 e. The molecule has 0 aliphatic carbocycles. The van der Waals surface area contributed by atoms with Gasteiger partial charge in [-0.05, 0) is 25.5 Å². The second-order valence-electron chi connectivity index (χ2n) is 7.32. The summed E-state index contributed by atoms with van der Waals surface area (Å²) in [6, 6.07) is 5.93. The van der Waals surface area contributed by atoms with E-state index in [4.69, 9.17) is 0 Å². The number of hydrogen-bond acceptors (Lipinski definition) is 6. The number of piperazine rings is 1. The molecule has 1 aliphatic rings. The molecule has 1 saturated heterocycles. The molecular weight excluding hydrogens is 410 g/mol. The van der Waals surface area contributed by atoms with Crippen LogP contribution in [0, 0.1) is 0 Å². The Morgan fingerprint density at radius 1 is 1.16 bits per heavy atom. The van der Waals surface area contributed by atoms with Gasteiger partial charge in [0.25, 0.3) is 0 Å². The van der Waals surface area contributed by atoms with Gasteiger partial charge in [-0.1, -0.05) is 13.0 Å². The van der Waals surface area contributed by atoms with Gasteiger partial charge in [0, 0.05) is 75.9 Å². The lowest BCUT2D eigenvalue weighted by molar-refractivity contribution is -0.131. The summed E-state index contributed by atoms with van der Waals surface area (Å²) in [5.41, 5.74) is 0. The number of guanidine groups is 1. The summed E-state index contributed by atoms with van der Waals surface area (Å²) in [7, 11) is 0. The molecule has 168 valence electrons. The Morgan fingerprint density at radius 2 is 2.00 bits per heavy atom. The molecule has 0 unspecified atom stereocenters. The van der Waals surface area contributed by atoms with E-state index in [1.807, 2.05) is 36.2 Å². The van der Waals surface area contributed by atoms with Crippen LogP contribution in [-0.2, 0) is 17.6 Å². The van der Waals surface area contributed by atoms with Crippen molar-refractivity contribution in [2.75, 3.05) is 50.7 Å². The highest BCUT2D eigenvalue weighted by molar-refractivity contribution is 7.11. The van der Waals surface area contributed by atoms with Crippen LogP contribution >= 0.6 is 11.3 Å². The third-order valence-corrected chi connectivity index (χ3v) is 6.33. The number of thiazole rings is 1. The third kappa shape index (κ3) is 7.20. The standard InChI is InChI=1S/C22H33N7OS/c1-3-18-17-27-20(31-18)8-11-25-22(23-4-2)26-12-9-21(30)29-15-13-28(14-16-29)19-7-5-6-10-24-19/h5-7,10,17H,3-4,8-9,11-16H2,1-2H3,(H2,23,25,26). The summed E-state index contributed by atoms with van der Waals surface area (Å²) in [5, 5.41) is 7.65. The van der Waals surface area contributed by atoms with Gasteiger partial charge < -0.3 is 20.4 Å². The van der Waals surface area contributed by atoms with E-state index in [1.165, 1.54) is 4.88 Å². The fourth-order valence-electron chi connectivity index (χ4n) is 3.40. The molecule has 31 heavy (non-hydrogen) atoms. The Bertz CT molecular complexity index is 831. The molecule has 1 amide bonds. The molecule has 3 rings (SSSR count). The zero-order valence-corrected chi connectivity index (χ0v) is 19.3. The molecule has 0 spiro atoms. The number of anilines is 1. The van der Waals surface area contributed by atoms with E-state index in [0.717, 1.165) is 62.4 Å². The van der Waals surface area contributed by atoms with Crippen LogP contribution < -0.4 is 15.5 Å². The van der Waals surface area contributed by atoms with E-state index in [9.17, 15) is 4.79 Å². The van der Waals surface area contributed by atoms with Gasteiger partial charge in [-0.25, -0.2) is 9.97 Å². The van der Waals surface area contributed by atoms with Gasteiger partial charge >= 0.3 is 0 Å². The van der Waals surface area contributed by atoms with E-state index in [1.54, 1.807) is 17.5 Å². The first-order valence-corrected chi connectivity index (χ1v) is 11.9. The predicted molar refractivity (Wildman–Crippen MR) is 127 cm³/mol. The maximum atomic E-state index is 12.6. The fourth-order valence-corrected chi connectivity index (χ4v) is 4.26. The minimum absolute atomic E-state index is 0.180. The van der Waals surface area contributed by atoms with Gasteiger partial charge in [-0.15, -0.1) is 11.3 Å². The Balaban J connectivity index is 1.38. The summed E-state index contributed by atoms with van der Waals surface area (Å²) >= 11 is 1.76. The molecule has 2 aromatic heterocycles. The first kappa shape index (κ1) is 23.0. The minimum Gasteiger partial charge on any atom is -0.357 e. The van der Waals surface area contributed by atoms with Crippen LogP contribution in [0.25, 0.3) is 0 Å². The fraction of sp³-hybridized carbons (Fsp3) is 0.545. The molecule has 9 heteroatoms. The molecule has 0 bridgehead atoms. The number of aryl methyl sites for hydroxylation is 1. The molecule has 2 N–H and O–H groups in total. The maximum Gasteiger partial charge on any atom is 0.224 e. The van der Waals surface area contributed by atoms with E-state index in [-0.39, 0.29) is 5.91 Å². The topological polar surface area (TPSA) is 85.7 Å². The largest absolute Gasteiger partial charge is 0.357 e. The lowest BCUT2D eigenvalue weighted by atomic mass is 10.2. The van der Waals surface area contributed by atoms with Crippen LogP contribution in [0.15, 0.2) is 35.6 Å². The Morgan fingerprint density at radius 3 is 2.68 bits per heavy atom. The van der Waals surface area contributed by atoms with Crippen molar-refractivity contribution < 1.29 is 4.79 Å². The van der Waals surface area contributed by atoms with Crippen molar-refractivity contribution in [1.82, 2.24) is 25.5 Å². The summed E-state index contributed by atoms with van der Waals surface area (Å²) in [6.07, 6.45) is 6.08. The molecule has 0 atom stereocenters. The molecule has 0 saturated carbocycles. The van der Waals surface area contributed by atoms with E-state index in [2.05, 4.69) is 37.4 Å². The van der Waals surface area contributed by atoms with Crippen molar-refractivity contribution >= 4 is 29.0 Å². The first-order chi connectivity index (χ1) is 15.2. The Kier molecular flexibility index (Phi) is 9.08. The summed E-state index contributed by atoms with van der Waals surface area (Å²) in [4.78, 5) is 31.5. The third-order valence-electron chi connectivity index (χ3n) is 5.13. The van der Waals surface area contributed by atoms with E-state index < -0.39 is 0 Å². The van der Waals surface area contributed by atoms with Gasteiger partial charge in [0.05, 0.1) is 5.01 Å².